The van der Waals surface area contributed by atoms with Crippen LogP contribution in [0.2, 0.25) is 10.0 Å². The van der Waals surface area contributed by atoms with Crippen LogP contribution in [-0.4, -0.2) is 43.1 Å². The second kappa shape index (κ2) is 7.40. The molecule has 4 rings (SSSR count). The lowest BCUT2D eigenvalue weighted by molar-refractivity contribution is -0.115. The Morgan fingerprint density at radius 2 is 1.72 bits per heavy atom. The SMILES string of the molecule is Cc1ccc(S(=O)(=O)N2CCC3(CC2)N=C(c2ccc(Cl)cc2)C(=O)N3)cc1Cl. The zero-order valence-electron chi connectivity index (χ0n) is 15.7. The minimum Gasteiger partial charge on any atom is -0.326 e. The number of aryl methyl sites for hydroxylation is 1. The van der Waals surface area contributed by atoms with Crippen LogP contribution < -0.4 is 5.32 Å². The fourth-order valence-corrected chi connectivity index (χ4v) is 5.42. The number of hydrogen-bond acceptors (Lipinski definition) is 4. The molecule has 29 heavy (non-hydrogen) atoms. The van der Waals surface area contributed by atoms with Crippen molar-refractivity contribution in [3.63, 3.8) is 0 Å². The number of carbonyl (C=O) groups excluding carboxylic acids is 1. The van der Waals surface area contributed by atoms with Crippen molar-refractivity contribution in [1.29, 1.82) is 0 Å². The molecule has 2 aliphatic rings. The van der Waals surface area contributed by atoms with E-state index < -0.39 is 15.7 Å². The van der Waals surface area contributed by atoms with E-state index in [4.69, 9.17) is 23.2 Å². The largest absolute Gasteiger partial charge is 0.326 e. The van der Waals surface area contributed by atoms with Gasteiger partial charge >= 0.3 is 0 Å². The molecule has 1 fully saturated rings. The third-order valence-corrected chi connectivity index (χ3v) is 7.89. The van der Waals surface area contributed by atoms with E-state index in [9.17, 15) is 13.2 Å². The molecule has 9 heteroatoms. The molecule has 2 aromatic carbocycles. The quantitative estimate of drug-likeness (QED) is 0.776. The maximum atomic E-state index is 13.0. The van der Waals surface area contributed by atoms with Gasteiger partial charge in [-0.1, -0.05) is 41.4 Å². The van der Waals surface area contributed by atoms with Crippen LogP contribution in [0.1, 0.15) is 24.0 Å². The van der Waals surface area contributed by atoms with Gasteiger partial charge in [0.1, 0.15) is 11.4 Å². The van der Waals surface area contributed by atoms with Crippen LogP contribution in [-0.2, 0) is 14.8 Å². The number of carbonyl (C=O) groups is 1. The minimum atomic E-state index is -3.66. The van der Waals surface area contributed by atoms with Gasteiger partial charge in [-0.15, -0.1) is 0 Å². The van der Waals surface area contributed by atoms with E-state index in [0.29, 0.717) is 34.2 Å². The summed E-state index contributed by atoms with van der Waals surface area (Å²) in [5.74, 6) is -0.256. The van der Waals surface area contributed by atoms with Gasteiger partial charge in [-0.25, -0.2) is 8.42 Å². The van der Waals surface area contributed by atoms with Gasteiger partial charge in [0.15, 0.2) is 0 Å². The molecule has 1 spiro atoms. The molecule has 6 nitrogen and oxygen atoms in total. The standard InChI is InChI=1S/C20H19Cl2N3O3S/c1-13-2-7-16(12-17(13)22)29(27,28)25-10-8-20(9-11-25)23-18(19(26)24-20)14-3-5-15(21)6-4-14/h2-7,12H,8-11H2,1H3,(H,24,26). The van der Waals surface area contributed by atoms with E-state index in [1.165, 1.54) is 10.4 Å². The number of rotatable bonds is 3. The maximum absolute atomic E-state index is 13.0. The van der Waals surface area contributed by atoms with E-state index in [2.05, 4.69) is 10.3 Å². The number of amides is 1. The normalized spacial score (nSPS) is 19.3. The highest BCUT2D eigenvalue weighted by molar-refractivity contribution is 7.89. The summed E-state index contributed by atoms with van der Waals surface area (Å²) >= 11 is 12.0. The molecule has 1 N–H and O–H groups in total. The Balaban J connectivity index is 1.53. The molecule has 2 aliphatic heterocycles. The molecule has 0 atom stereocenters. The van der Waals surface area contributed by atoms with Crippen LogP contribution >= 0.6 is 23.2 Å². The first-order valence-corrected chi connectivity index (χ1v) is 11.3. The highest BCUT2D eigenvalue weighted by Gasteiger charge is 2.44. The summed E-state index contributed by atoms with van der Waals surface area (Å²) in [4.78, 5) is 17.3. The van der Waals surface area contributed by atoms with Gasteiger partial charge in [0.05, 0.1) is 4.90 Å². The summed E-state index contributed by atoms with van der Waals surface area (Å²) < 4.78 is 27.4. The predicted octanol–water partition coefficient (Wildman–Crippen LogP) is 3.40. The number of aliphatic imine (C=N–C) groups is 1. The molecule has 0 saturated carbocycles. The van der Waals surface area contributed by atoms with E-state index in [1.54, 1.807) is 36.4 Å². The number of nitrogens with zero attached hydrogens (tertiary/aromatic N) is 2. The molecular formula is C20H19Cl2N3O3S. The molecule has 1 saturated heterocycles. The summed E-state index contributed by atoms with van der Waals surface area (Å²) in [5.41, 5.74) is 1.08. The minimum absolute atomic E-state index is 0.171. The summed E-state index contributed by atoms with van der Waals surface area (Å²) in [6.45, 7) is 2.33. The lowest BCUT2D eigenvalue weighted by atomic mass is 10.00. The van der Waals surface area contributed by atoms with Gasteiger partial charge in [0, 0.05) is 41.5 Å². The Kier molecular flexibility index (Phi) is 5.19. The van der Waals surface area contributed by atoms with E-state index in [1.807, 2.05) is 6.92 Å². The molecule has 2 heterocycles. The number of halogens is 2. The van der Waals surface area contributed by atoms with Crippen LogP contribution in [0.15, 0.2) is 52.4 Å². The Labute approximate surface area is 179 Å². The van der Waals surface area contributed by atoms with Gasteiger partial charge in [0.25, 0.3) is 5.91 Å². The lowest BCUT2D eigenvalue weighted by Gasteiger charge is -2.36. The zero-order chi connectivity index (χ0) is 20.8. The van der Waals surface area contributed by atoms with E-state index >= 15 is 0 Å². The molecule has 0 aromatic heterocycles. The number of hydrogen-bond donors (Lipinski definition) is 1. The monoisotopic (exact) mass is 451 g/mol. The van der Waals surface area contributed by atoms with Crippen LogP contribution in [0.25, 0.3) is 0 Å². The Hall–Kier alpha value is -1.93. The molecule has 2 aromatic rings. The summed E-state index contributed by atoms with van der Waals surface area (Å²) in [5, 5.41) is 3.94. The maximum Gasteiger partial charge on any atom is 0.272 e. The highest BCUT2D eigenvalue weighted by atomic mass is 35.5. The van der Waals surface area contributed by atoms with Crippen molar-refractivity contribution in [2.75, 3.05) is 13.1 Å². The number of sulfonamides is 1. The van der Waals surface area contributed by atoms with Crippen molar-refractivity contribution in [1.82, 2.24) is 9.62 Å². The van der Waals surface area contributed by atoms with Gasteiger partial charge in [0.2, 0.25) is 10.0 Å². The molecular weight excluding hydrogens is 433 g/mol. The first kappa shape index (κ1) is 20.3. The average Bonchev–Trinajstić information content (AvgIpc) is 3.00. The molecule has 152 valence electrons. The lowest BCUT2D eigenvalue weighted by Crippen LogP contribution is -2.52. The molecule has 0 aliphatic carbocycles. The van der Waals surface area contributed by atoms with Gasteiger partial charge in [-0.2, -0.15) is 4.31 Å². The molecule has 0 unspecified atom stereocenters. The molecule has 1 amide bonds. The van der Waals surface area contributed by atoms with Crippen molar-refractivity contribution in [2.45, 2.75) is 30.3 Å². The van der Waals surface area contributed by atoms with Crippen molar-refractivity contribution in [2.24, 2.45) is 4.99 Å². The zero-order valence-corrected chi connectivity index (χ0v) is 18.0. The average molecular weight is 452 g/mol. The van der Waals surface area contributed by atoms with Gasteiger partial charge in [-0.3, -0.25) is 9.79 Å². The van der Waals surface area contributed by atoms with Gasteiger partial charge < -0.3 is 5.32 Å². The summed E-state index contributed by atoms with van der Waals surface area (Å²) in [6.07, 6.45) is 0.795. The fraction of sp³-hybridized carbons (Fsp3) is 0.300. The number of nitrogens with one attached hydrogen (secondary N) is 1. The Morgan fingerprint density at radius 1 is 1.07 bits per heavy atom. The van der Waals surface area contributed by atoms with E-state index in [0.717, 1.165) is 5.56 Å². The Bertz CT molecular complexity index is 1110. The summed E-state index contributed by atoms with van der Waals surface area (Å²) in [7, 11) is -3.66. The highest BCUT2D eigenvalue weighted by Crippen LogP contribution is 2.32. The van der Waals surface area contributed by atoms with Crippen molar-refractivity contribution < 1.29 is 13.2 Å². The van der Waals surface area contributed by atoms with Crippen LogP contribution in [0.5, 0.6) is 0 Å². The first-order chi connectivity index (χ1) is 13.7. The first-order valence-electron chi connectivity index (χ1n) is 9.15. The smallest absolute Gasteiger partial charge is 0.272 e. The Morgan fingerprint density at radius 3 is 2.34 bits per heavy atom. The number of piperidine rings is 1. The van der Waals surface area contributed by atoms with Crippen molar-refractivity contribution in [3.8, 4) is 0 Å². The van der Waals surface area contributed by atoms with E-state index in [-0.39, 0.29) is 23.9 Å². The fourth-order valence-electron chi connectivity index (χ4n) is 3.58. The summed E-state index contributed by atoms with van der Waals surface area (Å²) in [6, 6.07) is 11.7. The van der Waals surface area contributed by atoms with Crippen LogP contribution in [0, 0.1) is 6.92 Å². The topological polar surface area (TPSA) is 78.8 Å². The molecule has 0 bridgehead atoms. The molecule has 0 radical (unpaired) electrons. The van der Waals surface area contributed by atoms with Crippen LogP contribution in [0.4, 0.5) is 0 Å². The third kappa shape index (κ3) is 3.80. The predicted molar refractivity (Wildman–Crippen MR) is 113 cm³/mol. The van der Waals surface area contributed by atoms with Crippen molar-refractivity contribution in [3.05, 3.63) is 63.6 Å². The van der Waals surface area contributed by atoms with Gasteiger partial charge in [-0.05, 0) is 36.8 Å². The second-order valence-corrected chi connectivity index (χ2v) is 10.0. The van der Waals surface area contributed by atoms with Crippen LogP contribution in [0.3, 0.4) is 0 Å². The third-order valence-electron chi connectivity index (χ3n) is 5.34. The number of benzene rings is 2. The van der Waals surface area contributed by atoms with Crippen molar-refractivity contribution >= 4 is 44.8 Å². The second-order valence-electron chi connectivity index (χ2n) is 7.27.